The zero-order valence-corrected chi connectivity index (χ0v) is 12.8. The number of fused-ring (bicyclic) bond motifs is 1. The number of hydrogen-bond acceptors (Lipinski definition) is 5. The average molecular weight is 293 g/mol. The van der Waals surface area contributed by atoms with Crippen LogP contribution in [0.5, 0.6) is 11.5 Å². The van der Waals surface area contributed by atoms with Crippen LogP contribution < -0.4 is 14.8 Å². The minimum absolute atomic E-state index is 0.203. The van der Waals surface area contributed by atoms with Gasteiger partial charge in [0.25, 0.3) is 0 Å². The molecule has 0 fully saturated rings. The van der Waals surface area contributed by atoms with Crippen LogP contribution in [0.4, 0.5) is 0 Å². The standard InChI is InChI=1S/C16H23NO4/c1-4-11(2)14(16(18)19-3)17-10-12-6-5-7-13-15(12)21-9-8-20-13/h5-7,11,14,17H,4,8-10H2,1-3H3. The van der Waals surface area contributed by atoms with Crippen molar-refractivity contribution in [3.05, 3.63) is 23.8 Å². The predicted molar refractivity (Wildman–Crippen MR) is 79.5 cm³/mol. The highest BCUT2D eigenvalue weighted by atomic mass is 16.6. The molecule has 1 aliphatic heterocycles. The summed E-state index contributed by atoms with van der Waals surface area (Å²) in [5.41, 5.74) is 0.990. The van der Waals surface area contributed by atoms with Crippen LogP contribution in [0.15, 0.2) is 18.2 Å². The molecule has 116 valence electrons. The second-order valence-electron chi connectivity index (χ2n) is 5.21. The fourth-order valence-corrected chi connectivity index (χ4v) is 2.37. The Morgan fingerprint density at radius 2 is 2.14 bits per heavy atom. The van der Waals surface area contributed by atoms with Crippen molar-refractivity contribution in [2.75, 3.05) is 20.3 Å². The molecule has 1 aromatic carbocycles. The highest BCUT2D eigenvalue weighted by molar-refractivity contribution is 5.76. The molecule has 0 saturated heterocycles. The van der Waals surface area contributed by atoms with Gasteiger partial charge in [0, 0.05) is 12.1 Å². The van der Waals surface area contributed by atoms with Crippen LogP contribution in [-0.4, -0.2) is 32.3 Å². The summed E-state index contributed by atoms with van der Waals surface area (Å²) in [6.07, 6.45) is 0.902. The lowest BCUT2D eigenvalue weighted by molar-refractivity contribution is -0.144. The highest BCUT2D eigenvalue weighted by Crippen LogP contribution is 2.33. The minimum atomic E-state index is -0.319. The molecular formula is C16H23NO4. The van der Waals surface area contributed by atoms with Crippen LogP contribution in [0.1, 0.15) is 25.8 Å². The number of para-hydroxylation sites is 1. The van der Waals surface area contributed by atoms with Crippen molar-refractivity contribution in [1.82, 2.24) is 5.32 Å². The van der Waals surface area contributed by atoms with Crippen LogP contribution in [0.3, 0.4) is 0 Å². The maximum absolute atomic E-state index is 11.9. The van der Waals surface area contributed by atoms with Crippen molar-refractivity contribution >= 4 is 5.97 Å². The molecule has 0 aromatic heterocycles. The third-order valence-corrected chi connectivity index (χ3v) is 3.83. The van der Waals surface area contributed by atoms with Crippen molar-refractivity contribution in [1.29, 1.82) is 0 Å². The zero-order chi connectivity index (χ0) is 15.2. The first-order valence-corrected chi connectivity index (χ1v) is 7.36. The maximum atomic E-state index is 11.9. The van der Waals surface area contributed by atoms with E-state index in [2.05, 4.69) is 12.2 Å². The molecule has 0 radical (unpaired) electrons. The molecule has 1 N–H and O–H groups in total. The Kier molecular flexibility index (Phi) is 5.44. The first-order valence-electron chi connectivity index (χ1n) is 7.36. The Hall–Kier alpha value is -1.75. The molecule has 2 atom stereocenters. The SMILES string of the molecule is CCC(C)C(NCc1cccc2c1OCCO2)C(=O)OC. The van der Waals surface area contributed by atoms with Gasteiger partial charge in [0.05, 0.1) is 7.11 Å². The summed E-state index contributed by atoms with van der Waals surface area (Å²) in [6.45, 7) is 5.76. The first-order chi connectivity index (χ1) is 10.2. The van der Waals surface area contributed by atoms with Gasteiger partial charge in [-0.3, -0.25) is 10.1 Å². The van der Waals surface area contributed by atoms with Crippen LogP contribution >= 0.6 is 0 Å². The lowest BCUT2D eigenvalue weighted by Crippen LogP contribution is -2.42. The molecule has 21 heavy (non-hydrogen) atoms. The minimum Gasteiger partial charge on any atom is -0.486 e. The largest absolute Gasteiger partial charge is 0.486 e. The van der Waals surface area contributed by atoms with Gasteiger partial charge in [0.2, 0.25) is 0 Å². The molecule has 0 amide bonds. The van der Waals surface area contributed by atoms with Gasteiger partial charge in [0.15, 0.2) is 11.5 Å². The summed E-state index contributed by atoms with van der Waals surface area (Å²) < 4.78 is 16.1. The molecule has 0 bridgehead atoms. The highest BCUT2D eigenvalue weighted by Gasteiger charge is 2.25. The third kappa shape index (κ3) is 3.67. The Bertz CT molecular complexity index is 489. The van der Waals surface area contributed by atoms with E-state index >= 15 is 0 Å². The number of esters is 1. The number of benzene rings is 1. The van der Waals surface area contributed by atoms with E-state index in [1.54, 1.807) is 0 Å². The molecule has 1 heterocycles. The van der Waals surface area contributed by atoms with Gasteiger partial charge in [-0.15, -0.1) is 0 Å². The quantitative estimate of drug-likeness (QED) is 0.814. The summed E-state index contributed by atoms with van der Waals surface area (Å²) in [7, 11) is 1.42. The monoisotopic (exact) mass is 293 g/mol. The summed E-state index contributed by atoms with van der Waals surface area (Å²) in [6, 6.07) is 5.48. The molecule has 0 saturated carbocycles. The van der Waals surface area contributed by atoms with Crippen molar-refractivity contribution in [3.63, 3.8) is 0 Å². The van der Waals surface area contributed by atoms with Crippen LogP contribution in [-0.2, 0) is 16.1 Å². The van der Waals surface area contributed by atoms with E-state index in [1.807, 2.05) is 25.1 Å². The van der Waals surface area contributed by atoms with Gasteiger partial charge in [-0.1, -0.05) is 32.4 Å². The molecular weight excluding hydrogens is 270 g/mol. The number of ether oxygens (including phenoxy) is 3. The summed E-state index contributed by atoms with van der Waals surface area (Å²) in [5.74, 6) is 1.50. The fourth-order valence-electron chi connectivity index (χ4n) is 2.37. The maximum Gasteiger partial charge on any atom is 0.323 e. The van der Waals surface area contributed by atoms with Crippen molar-refractivity contribution < 1.29 is 19.0 Å². The Labute approximate surface area is 125 Å². The number of nitrogens with one attached hydrogen (secondary N) is 1. The van der Waals surface area contributed by atoms with E-state index in [0.29, 0.717) is 19.8 Å². The van der Waals surface area contributed by atoms with Gasteiger partial charge in [-0.2, -0.15) is 0 Å². The molecule has 1 aromatic rings. The van der Waals surface area contributed by atoms with E-state index in [4.69, 9.17) is 14.2 Å². The van der Waals surface area contributed by atoms with Gasteiger partial charge in [-0.25, -0.2) is 0 Å². The lowest BCUT2D eigenvalue weighted by Gasteiger charge is -2.24. The lowest BCUT2D eigenvalue weighted by atomic mass is 9.99. The first kappa shape index (κ1) is 15.6. The van der Waals surface area contributed by atoms with Gasteiger partial charge in [-0.05, 0) is 12.0 Å². The van der Waals surface area contributed by atoms with Crippen molar-refractivity contribution in [2.45, 2.75) is 32.9 Å². The van der Waals surface area contributed by atoms with E-state index in [-0.39, 0.29) is 17.9 Å². The second kappa shape index (κ2) is 7.31. The normalized spacial score (nSPS) is 16.1. The Morgan fingerprint density at radius 3 is 2.86 bits per heavy atom. The van der Waals surface area contributed by atoms with Crippen molar-refractivity contribution in [2.24, 2.45) is 5.92 Å². The molecule has 2 rings (SSSR count). The molecule has 2 unspecified atom stereocenters. The fraction of sp³-hybridized carbons (Fsp3) is 0.562. The summed E-state index contributed by atoms with van der Waals surface area (Å²) >= 11 is 0. The number of rotatable bonds is 6. The van der Waals surface area contributed by atoms with Crippen LogP contribution in [0.25, 0.3) is 0 Å². The molecule has 5 heteroatoms. The van der Waals surface area contributed by atoms with E-state index in [0.717, 1.165) is 23.5 Å². The van der Waals surface area contributed by atoms with Gasteiger partial charge in [0.1, 0.15) is 19.3 Å². The topological polar surface area (TPSA) is 56.8 Å². The average Bonchev–Trinajstić information content (AvgIpc) is 2.54. The second-order valence-corrected chi connectivity index (χ2v) is 5.21. The van der Waals surface area contributed by atoms with Crippen LogP contribution in [0.2, 0.25) is 0 Å². The number of hydrogen-bond donors (Lipinski definition) is 1. The molecule has 5 nitrogen and oxygen atoms in total. The number of carbonyl (C=O) groups excluding carboxylic acids is 1. The molecule has 1 aliphatic rings. The molecule has 0 spiro atoms. The smallest absolute Gasteiger partial charge is 0.323 e. The third-order valence-electron chi connectivity index (χ3n) is 3.83. The van der Waals surface area contributed by atoms with Crippen molar-refractivity contribution in [3.8, 4) is 11.5 Å². The van der Waals surface area contributed by atoms with Gasteiger partial charge < -0.3 is 14.2 Å². The van der Waals surface area contributed by atoms with Crippen LogP contribution in [0, 0.1) is 5.92 Å². The number of methoxy groups -OCH3 is 1. The molecule has 0 aliphatic carbocycles. The van der Waals surface area contributed by atoms with E-state index in [9.17, 15) is 4.79 Å². The predicted octanol–water partition coefficient (Wildman–Crippen LogP) is 2.14. The summed E-state index contributed by atoms with van der Waals surface area (Å²) in [5, 5.41) is 3.28. The van der Waals surface area contributed by atoms with E-state index in [1.165, 1.54) is 7.11 Å². The summed E-state index contributed by atoms with van der Waals surface area (Å²) in [4.78, 5) is 11.9. The van der Waals surface area contributed by atoms with Gasteiger partial charge >= 0.3 is 5.97 Å². The Morgan fingerprint density at radius 1 is 1.38 bits per heavy atom. The zero-order valence-electron chi connectivity index (χ0n) is 12.8. The van der Waals surface area contributed by atoms with E-state index < -0.39 is 0 Å². The Balaban J connectivity index is 2.09. The number of carbonyl (C=O) groups is 1.